The van der Waals surface area contributed by atoms with Gasteiger partial charge in [0.1, 0.15) is 0 Å². The van der Waals surface area contributed by atoms with Crippen molar-refractivity contribution < 1.29 is 9.50 Å². The van der Waals surface area contributed by atoms with Crippen LogP contribution in [0.3, 0.4) is 0 Å². The Morgan fingerprint density at radius 2 is 2.28 bits per heavy atom. The maximum absolute atomic E-state index is 13.6. The van der Waals surface area contributed by atoms with Crippen molar-refractivity contribution in [2.45, 2.75) is 12.5 Å². The molecule has 0 saturated heterocycles. The van der Waals surface area contributed by atoms with Gasteiger partial charge in [-0.1, -0.05) is 0 Å². The first-order valence-electron chi connectivity index (χ1n) is 5.17. The summed E-state index contributed by atoms with van der Waals surface area (Å²) < 4.78 is 15.4. The molecule has 1 N–H and O–H groups in total. The third-order valence-electron chi connectivity index (χ3n) is 2.75. The molecule has 0 saturated carbocycles. The van der Waals surface area contributed by atoms with Crippen LogP contribution in [0.4, 0.5) is 4.39 Å². The number of aromatic nitrogens is 2. The van der Waals surface area contributed by atoms with Gasteiger partial charge in [-0.05, 0) is 0 Å². The van der Waals surface area contributed by atoms with Gasteiger partial charge in [0, 0.05) is 0 Å². The van der Waals surface area contributed by atoms with Gasteiger partial charge in [0.05, 0.1) is 0 Å². The fourth-order valence-corrected chi connectivity index (χ4v) is 2.45. The molecule has 6 heteroatoms. The van der Waals surface area contributed by atoms with E-state index >= 15 is 0 Å². The second kappa shape index (κ2) is 4.78. The first-order chi connectivity index (χ1) is 8.45. The molecule has 0 aliphatic heterocycles. The van der Waals surface area contributed by atoms with E-state index in [1.54, 1.807) is 25.5 Å². The molecule has 0 fully saturated rings. The summed E-state index contributed by atoms with van der Waals surface area (Å²) >= 11 is 0.560. The van der Waals surface area contributed by atoms with E-state index in [1.807, 2.05) is 2.38 Å². The van der Waals surface area contributed by atoms with Crippen LogP contribution < -0.4 is 0 Å². The predicted molar refractivity (Wildman–Crippen MR) is 63.2 cm³/mol. The average molecular weight is 435 g/mol. The number of benzene rings is 1. The van der Waals surface area contributed by atoms with Gasteiger partial charge >= 0.3 is 120 Å². The zero-order chi connectivity index (χ0) is 13.3. The fraction of sp³-hybridized carbons (Fsp3) is 0.167. The number of aliphatic hydroxyl groups is 1. The van der Waals surface area contributed by atoms with Gasteiger partial charge in [-0.2, -0.15) is 0 Å². The van der Waals surface area contributed by atoms with Crippen LogP contribution >= 0.6 is 0 Å². The van der Waals surface area contributed by atoms with Gasteiger partial charge in [0.2, 0.25) is 0 Å². The standard InChI is InChI=1S/C12H9FN3O.Tl/c1-12(17,11-6-15-7-16-11)9-3-2-8(5-14)10(13)4-9;/h2-4,6-7,17H,1H3;/q-1;+1. The Balaban J connectivity index is 2.48. The Labute approximate surface area is 120 Å². The molecule has 1 heterocycles. The maximum atomic E-state index is 13.6. The molecule has 2 aromatic rings. The molecule has 0 radical (unpaired) electrons. The molecule has 18 heavy (non-hydrogen) atoms. The SMILES string of the molecule is CC(O)(c1ccc(C#N)c(F)c1)c1c[n]([Tl])cn1. The number of halogens is 1. The van der Waals surface area contributed by atoms with Crippen LogP contribution in [0.1, 0.15) is 23.7 Å². The summed E-state index contributed by atoms with van der Waals surface area (Å²) in [7, 11) is 0. The summed E-state index contributed by atoms with van der Waals surface area (Å²) in [5.41, 5.74) is -0.559. The minimum absolute atomic E-state index is 0.0375. The Hall–Kier alpha value is -1.27. The van der Waals surface area contributed by atoms with Crippen molar-refractivity contribution in [1.29, 1.82) is 5.26 Å². The predicted octanol–water partition coefficient (Wildman–Crippen LogP) is 1.08. The molecule has 1 aromatic carbocycles. The summed E-state index contributed by atoms with van der Waals surface area (Å²) in [5.74, 6) is -0.637. The first-order valence-corrected chi connectivity index (χ1v) is 7.18. The van der Waals surface area contributed by atoms with E-state index in [0.29, 0.717) is 37.3 Å². The number of rotatable bonds is 2. The average Bonchev–Trinajstić information content (AvgIpc) is 2.76. The van der Waals surface area contributed by atoms with Crippen molar-refractivity contribution >= 4 is 26.1 Å². The molecular formula is C12H9FN3OTl. The van der Waals surface area contributed by atoms with Crippen LogP contribution in [0.5, 0.6) is 0 Å². The third-order valence-corrected chi connectivity index (χ3v) is 3.85. The van der Waals surface area contributed by atoms with Crippen LogP contribution in [0.2, 0.25) is 0 Å². The van der Waals surface area contributed by atoms with E-state index in [2.05, 4.69) is 4.98 Å². The number of nitrogens with zero attached hydrogens (tertiary/aromatic N) is 3. The number of imidazole rings is 1. The van der Waals surface area contributed by atoms with Gasteiger partial charge in [-0.25, -0.2) is 0 Å². The third kappa shape index (κ3) is 2.30. The van der Waals surface area contributed by atoms with E-state index in [-0.39, 0.29) is 5.56 Å². The van der Waals surface area contributed by atoms with Crippen molar-refractivity contribution in [3.8, 4) is 6.07 Å². The molecule has 0 aliphatic rings. The number of hydrogen-bond donors (Lipinski definition) is 1. The summed E-state index contributed by atoms with van der Waals surface area (Å²) in [6.07, 6.45) is 3.37. The Morgan fingerprint density at radius 3 is 2.78 bits per heavy atom. The summed E-state index contributed by atoms with van der Waals surface area (Å²) in [6, 6.07) is 5.82. The molecule has 1 atom stereocenters. The molecule has 4 nitrogen and oxygen atoms in total. The van der Waals surface area contributed by atoms with Crippen molar-refractivity contribution in [2.24, 2.45) is 0 Å². The summed E-state index contributed by atoms with van der Waals surface area (Å²) in [4.78, 5) is 4.10. The molecule has 1 unspecified atom stereocenters. The van der Waals surface area contributed by atoms with Crippen LogP contribution in [-0.4, -0.2) is 38.5 Å². The quantitative estimate of drug-likeness (QED) is 0.720. The normalized spacial score (nSPS) is 13.8. The molecular weight excluding hydrogens is 426 g/mol. The van der Waals surface area contributed by atoms with Crippen LogP contribution in [0.15, 0.2) is 30.7 Å². The number of hydrogen-bond acceptors (Lipinski definition) is 3. The van der Waals surface area contributed by atoms with Crippen molar-refractivity contribution in [1.82, 2.24) is 7.36 Å². The molecule has 88 valence electrons. The topological polar surface area (TPSA) is 61.8 Å². The fourth-order valence-electron chi connectivity index (χ4n) is 1.64. The second-order valence-corrected chi connectivity index (χ2v) is 6.40. The van der Waals surface area contributed by atoms with Crippen LogP contribution in [0, 0.1) is 17.1 Å². The van der Waals surface area contributed by atoms with E-state index in [1.165, 1.54) is 18.2 Å². The summed E-state index contributed by atoms with van der Waals surface area (Å²) in [5, 5.41) is 19.1. The number of nitriles is 1. The minimum atomic E-state index is -1.37. The zero-order valence-electron chi connectivity index (χ0n) is 9.63. The summed E-state index contributed by atoms with van der Waals surface area (Å²) in [6.45, 7) is 1.56. The molecule has 1 aromatic heterocycles. The first kappa shape index (κ1) is 13.2. The molecule has 0 aliphatic carbocycles. The Kier molecular flexibility index (Phi) is 3.50. The van der Waals surface area contributed by atoms with Gasteiger partial charge in [0.15, 0.2) is 0 Å². The van der Waals surface area contributed by atoms with Crippen molar-refractivity contribution in [3.05, 3.63) is 53.4 Å². The zero-order valence-corrected chi connectivity index (χ0v) is 14.1. The van der Waals surface area contributed by atoms with Crippen molar-refractivity contribution in [2.75, 3.05) is 0 Å². The Morgan fingerprint density at radius 1 is 1.56 bits per heavy atom. The molecule has 0 amide bonds. The van der Waals surface area contributed by atoms with E-state index in [9.17, 15) is 9.50 Å². The monoisotopic (exact) mass is 435 g/mol. The van der Waals surface area contributed by atoms with E-state index in [0.717, 1.165) is 0 Å². The molecule has 2 rings (SSSR count). The van der Waals surface area contributed by atoms with Crippen LogP contribution in [0.25, 0.3) is 0 Å². The van der Waals surface area contributed by atoms with Gasteiger partial charge in [-0.15, -0.1) is 0 Å². The van der Waals surface area contributed by atoms with Gasteiger partial charge < -0.3 is 0 Å². The van der Waals surface area contributed by atoms with E-state index in [4.69, 9.17) is 5.26 Å². The van der Waals surface area contributed by atoms with Crippen LogP contribution in [-0.2, 0) is 5.60 Å². The van der Waals surface area contributed by atoms with Crippen molar-refractivity contribution in [3.63, 3.8) is 0 Å². The Bertz CT molecular complexity index is 630. The molecule has 0 spiro atoms. The van der Waals surface area contributed by atoms with Gasteiger partial charge in [0.25, 0.3) is 0 Å². The second-order valence-electron chi connectivity index (χ2n) is 4.08. The van der Waals surface area contributed by atoms with Gasteiger partial charge in [-0.3, -0.25) is 0 Å². The van der Waals surface area contributed by atoms with E-state index < -0.39 is 11.4 Å². The molecule has 0 bridgehead atoms.